The molecule has 1 N–H and O–H groups in total. The van der Waals surface area contributed by atoms with E-state index in [-0.39, 0.29) is 11.5 Å². The van der Waals surface area contributed by atoms with Crippen LogP contribution < -0.4 is 14.8 Å². The number of hydrogen-bond donors (Lipinski definition) is 1. The minimum atomic E-state index is 0.143. The van der Waals surface area contributed by atoms with Gasteiger partial charge in [-0.2, -0.15) is 0 Å². The number of pyridine rings is 1. The Morgan fingerprint density at radius 2 is 1.96 bits per heavy atom. The van der Waals surface area contributed by atoms with Crippen LogP contribution in [-0.2, 0) is 0 Å². The van der Waals surface area contributed by atoms with Crippen molar-refractivity contribution in [3.05, 3.63) is 18.3 Å². The summed E-state index contributed by atoms with van der Waals surface area (Å²) < 4.78 is 11.8. The highest BCUT2D eigenvalue weighted by Gasteiger charge is 2.32. The van der Waals surface area contributed by atoms with Crippen LogP contribution in [0.2, 0.25) is 0 Å². The van der Waals surface area contributed by atoms with Crippen LogP contribution in [0.25, 0.3) is 0 Å². The molecule has 0 radical (unpaired) electrons. The first-order valence-corrected chi connectivity index (χ1v) is 8.74. The summed E-state index contributed by atoms with van der Waals surface area (Å²) in [6.45, 7) is 13.9. The monoisotopic (exact) mass is 320 g/mol. The van der Waals surface area contributed by atoms with E-state index < -0.39 is 0 Å². The molecule has 1 aliphatic carbocycles. The van der Waals surface area contributed by atoms with E-state index in [4.69, 9.17) is 9.47 Å². The highest BCUT2D eigenvalue weighted by Crippen LogP contribution is 2.28. The number of nitrogens with one attached hydrogen (secondary N) is 1. The summed E-state index contributed by atoms with van der Waals surface area (Å²) in [7, 11) is 0. The van der Waals surface area contributed by atoms with Gasteiger partial charge in [-0.25, -0.2) is 4.98 Å². The van der Waals surface area contributed by atoms with Crippen LogP contribution in [0, 0.1) is 11.3 Å². The fourth-order valence-electron chi connectivity index (χ4n) is 2.38. The molecule has 130 valence electrons. The van der Waals surface area contributed by atoms with Crippen molar-refractivity contribution < 1.29 is 9.47 Å². The molecule has 1 aliphatic rings. The molecule has 23 heavy (non-hydrogen) atoms. The molecule has 1 aromatic heterocycles. The Balaban J connectivity index is 1.77. The zero-order valence-electron chi connectivity index (χ0n) is 15.4. The van der Waals surface area contributed by atoms with Gasteiger partial charge in [-0.15, -0.1) is 0 Å². The Hall–Kier alpha value is -1.29. The first-order chi connectivity index (χ1) is 10.7. The summed E-state index contributed by atoms with van der Waals surface area (Å²) >= 11 is 0. The molecule has 0 unspecified atom stereocenters. The lowest BCUT2D eigenvalue weighted by Gasteiger charge is -2.38. The molecule has 2 rings (SSSR count). The summed E-state index contributed by atoms with van der Waals surface area (Å²) in [5, 5.41) is 3.65. The second-order valence-electron chi connectivity index (χ2n) is 8.29. The van der Waals surface area contributed by atoms with Crippen LogP contribution in [0.3, 0.4) is 0 Å². The smallest absolute Gasteiger partial charge is 0.217 e. The Labute approximate surface area is 141 Å². The van der Waals surface area contributed by atoms with Gasteiger partial charge in [-0.1, -0.05) is 34.6 Å². The van der Waals surface area contributed by atoms with Crippen molar-refractivity contribution in [2.45, 2.75) is 72.6 Å². The minimum Gasteiger partial charge on any atom is -0.493 e. The van der Waals surface area contributed by atoms with E-state index in [1.54, 1.807) is 6.20 Å². The molecule has 0 saturated heterocycles. The largest absolute Gasteiger partial charge is 0.493 e. The zero-order valence-corrected chi connectivity index (χ0v) is 15.4. The van der Waals surface area contributed by atoms with E-state index in [2.05, 4.69) is 51.8 Å². The van der Waals surface area contributed by atoms with Crippen LogP contribution in [0.5, 0.6) is 11.6 Å². The van der Waals surface area contributed by atoms with Crippen molar-refractivity contribution in [3.8, 4) is 11.6 Å². The summed E-state index contributed by atoms with van der Waals surface area (Å²) in [6.07, 6.45) is 4.11. The van der Waals surface area contributed by atoms with Gasteiger partial charge >= 0.3 is 0 Å². The first-order valence-electron chi connectivity index (χ1n) is 8.74. The van der Waals surface area contributed by atoms with Gasteiger partial charge in [0.2, 0.25) is 5.88 Å². The van der Waals surface area contributed by atoms with Gasteiger partial charge in [-0.3, -0.25) is 0 Å². The third-order valence-corrected chi connectivity index (χ3v) is 4.26. The molecule has 0 aliphatic heterocycles. The quantitative estimate of drug-likeness (QED) is 0.823. The van der Waals surface area contributed by atoms with Crippen molar-refractivity contribution in [3.63, 3.8) is 0 Å². The average Bonchev–Trinajstić information content (AvgIpc) is 2.42. The molecule has 4 nitrogen and oxygen atoms in total. The van der Waals surface area contributed by atoms with Gasteiger partial charge in [0, 0.05) is 24.3 Å². The molecule has 1 heterocycles. The second-order valence-corrected chi connectivity index (χ2v) is 8.29. The molecule has 1 saturated carbocycles. The molecule has 4 heteroatoms. The molecule has 1 fully saturated rings. The number of nitrogens with zero attached hydrogens (tertiary/aromatic N) is 1. The van der Waals surface area contributed by atoms with Crippen molar-refractivity contribution in [2.24, 2.45) is 11.3 Å². The minimum absolute atomic E-state index is 0.143. The summed E-state index contributed by atoms with van der Waals surface area (Å²) in [6, 6.07) is 4.89. The SMILES string of the molecule is CC(C)[C@H](C)NC1CC(Oc2cc(OCC(C)(C)C)ccn2)C1. The van der Waals surface area contributed by atoms with E-state index in [1.807, 2.05) is 12.1 Å². The summed E-state index contributed by atoms with van der Waals surface area (Å²) in [5.74, 6) is 2.15. The third-order valence-electron chi connectivity index (χ3n) is 4.26. The average molecular weight is 320 g/mol. The molecular formula is C19H32N2O2. The van der Waals surface area contributed by atoms with Crippen LogP contribution in [0.15, 0.2) is 18.3 Å². The zero-order chi connectivity index (χ0) is 17.0. The van der Waals surface area contributed by atoms with Gasteiger partial charge in [-0.05, 0) is 37.2 Å². The second kappa shape index (κ2) is 7.52. The Morgan fingerprint density at radius 1 is 1.26 bits per heavy atom. The van der Waals surface area contributed by atoms with Crippen molar-refractivity contribution >= 4 is 0 Å². The van der Waals surface area contributed by atoms with E-state index >= 15 is 0 Å². The third kappa shape index (κ3) is 6.02. The maximum atomic E-state index is 5.96. The standard InChI is InChI=1S/C19H32N2O2/c1-13(2)14(3)21-15-9-17(10-15)23-18-11-16(7-8-20-18)22-12-19(4,5)6/h7-8,11,13-15,17,21H,9-10,12H2,1-6H3/t14-,15?,17?/m0/s1. The van der Waals surface area contributed by atoms with Gasteiger partial charge < -0.3 is 14.8 Å². The van der Waals surface area contributed by atoms with Gasteiger partial charge in [0.05, 0.1) is 6.61 Å². The fourth-order valence-corrected chi connectivity index (χ4v) is 2.38. The van der Waals surface area contributed by atoms with Crippen molar-refractivity contribution in [1.29, 1.82) is 0 Å². The van der Waals surface area contributed by atoms with Crippen molar-refractivity contribution in [2.75, 3.05) is 6.61 Å². The molecular weight excluding hydrogens is 288 g/mol. The van der Waals surface area contributed by atoms with Crippen LogP contribution >= 0.6 is 0 Å². The van der Waals surface area contributed by atoms with Gasteiger partial charge in [0.25, 0.3) is 0 Å². The summed E-state index contributed by atoms with van der Waals surface area (Å²) in [4.78, 5) is 4.30. The highest BCUT2D eigenvalue weighted by atomic mass is 16.5. The van der Waals surface area contributed by atoms with Crippen LogP contribution in [-0.4, -0.2) is 29.8 Å². The predicted molar refractivity (Wildman–Crippen MR) is 94.1 cm³/mol. The summed E-state index contributed by atoms with van der Waals surface area (Å²) in [5.41, 5.74) is 0.143. The normalized spacial score (nSPS) is 22.6. The number of aromatic nitrogens is 1. The van der Waals surface area contributed by atoms with E-state index in [0.29, 0.717) is 30.5 Å². The number of hydrogen-bond acceptors (Lipinski definition) is 4. The van der Waals surface area contributed by atoms with Crippen LogP contribution in [0.4, 0.5) is 0 Å². The highest BCUT2D eigenvalue weighted by molar-refractivity contribution is 5.26. The fraction of sp³-hybridized carbons (Fsp3) is 0.737. The van der Waals surface area contributed by atoms with E-state index in [9.17, 15) is 0 Å². The predicted octanol–water partition coefficient (Wildman–Crippen LogP) is 4.05. The molecule has 0 aromatic carbocycles. The number of rotatable bonds is 7. The lowest BCUT2D eigenvalue weighted by atomic mass is 9.88. The lowest BCUT2D eigenvalue weighted by molar-refractivity contribution is 0.0728. The van der Waals surface area contributed by atoms with Gasteiger partial charge in [0.15, 0.2) is 0 Å². The Morgan fingerprint density at radius 3 is 2.57 bits per heavy atom. The Kier molecular flexibility index (Phi) is 5.90. The molecule has 0 amide bonds. The number of ether oxygens (including phenoxy) is 2. The molecule has 1 aromatic rings. The lowest BCUT2D eigenvalue weighted by Crippen LogP contribution is -2.50. The molecule has 0 bridgehead atoms. The first kappa shape index (κ1) is 18.1. The van der Waals surface area contributed by atoms with E-state index in [0.717, 1.165) is 18.6 Å². The van der Waals surface area contributed by atoms with Gasteiger partial charge in [0.1, 0.15) is 11.9 Å². The maximum absolute atomic E-state index is 5.96. The maximum Gasteiger partial charge on any atom is 0.217 e. The topological polar surface area (TPSA) is 43.4 Å². The Bertz CT molecular complexity index is 490. The molecule has 1 atom stereocenters. The molecule has 0 spiro atoms. The van der Waals surface area contributed by atoms with Crippen LogP contribution in [0.1, 0.15) is 54.4 Å². The van der Waals surface area contributed by atoms with E-state index in [1.165, 1.54) is 0 Å². The van der Waals surface area contributed by atoms with Crippen molar-refractivity contribution in [1.82, 2.24) is 10.3 Å².